The molecule has 8 heteroatoms. The fourth-order valence-electron chi connectivity index (χ4n) is 3.34. The van der Waals surface area contributed by atoms with Crippen LogP contribution in [0.15, 0.2) is 53.0 Å². The molecule has 2 N–H and O–H groups in total. The second-order valence-corrected chi connectivity index (χ2v) is 11.0. The van der Waals surface area contributed by atoms with Crippen LogP contribution in [-0.4, -0.2) is 26.6 Å². The van der Waals surface area contributed by atoms with Crippen LogP contribution in [0.3, 0.4) is 0 Å². The van der Waals surface area contributed by atoms with E-state index in [1.165, 1.54) is 6.07 Å². The average molecular weight is 488 g/mol. The highest BCUT2D eigenvalue weighted by Gasteiger charge is 2.60. The number of hydrogen-bond acceptors (Lipinski definition) is 3. The van der Waals surface area contributed by atoms with Gasteiger partial charge in [0.05, 0.1) is 15.7 Å². The number of ether oxygens (including phenoxy) is 1. The monoisotopic (exact) mass is 487 g/mol. The van der Waals surface area contributed by atoms with Gasteiger partial charge in [0.25, 0.3) is 5.92 Å². The standard InChI is InChI=1S/C21H24BrF2NO3S/c1-19(2,3)29(27)25-20(21(23,24)13-26)12-18(14-7-5-4-6-8-14)28-17-10-9-15(22)11-16(17)20/h4-11,18,25-26H,12-13H2,1-3H3/t18?,20?,29-/m1/s1. The molecular formula is C21H24BrF2NO3S. The van der Waals surface area contributed by atoms with Crippen LogP contribution in [0, 0.1) is 0 Å². The minimum atomic E-state index is -3.60. The van der Waals surface area contributed by atoms with Gasteiger partial charge in [0.15, 0.2) is 0 Å². The maximum atomic E-state index is 15.4. The zero-order valence-electron chi connectivity index (χ0n) is 16.4. The minimum absolute atomic E-state index is 0.163. The number of rotatable bonds is 5. The summed E-state index contributed by atoms with van der Waals surface area (Å²) in [5.41, 5.74) is -1.20. The zero-order chi connectivity index (χ0) is 21.4. The third-order valence-corrected chi connectivity index (χ3v) is 7.12. The van der Waals surface area contributed by atoms with Crippen LogP contribution in [0.25, 0.3) is 0 Å². The van der Waals surface area contributed by atoms with Crippen molar-refractivity contribution in [2.75, 3.05) is 6.61 Å². The summed E-state index contributed by atoms with van der Waals surface area (Å²) in [4.78, 5) is 0. The molecule has 2 unspecified atom stereocenters. The molecule has 0 saturated heterocycles. The largest absolute Gasteiger partial charge is 0.485 e. The van der Waals surface area contributed by atoms with Gasteiger partial charge in [-0.3, -0.25) is 0 Å². The number of aliphatic hydroxyl groups is 1. The highest BCUT2D eigenvalue weighted by molar-refractivity contribution is 9.10. The maximum Gasteiger partial charge on any atom is 0.293 e. The van der Waals surface area contributed by atoms with Crippen molar-refractivity contribution >= 4 is 26.9 Å². The molecule has 0 spiro atoms. The van der Waals surface area contributed by atoms with Crippen LogP contribution in [0.2, 0.25) is 0 Å². The van der Waals surface area contributed by atoms with Gasteiger partial charge >= 0.3 is 0 Å². The average Bonchev–Trinajstić information content (AvgIpc) is 2.67. The Morgan fingerprint density at radius 2 is 1.90 bits per heavy atom. The molecule has 158 valence electrons. The van der Waals surface area contributed by atoms with Crippen molar-refractivity contribution in [3.63, 3.8) is 0 Å². The van der Waals surface area contributed by atoms with E-state index in [0.717, 1.165) is 5.56 Å². The molecule has 0 bridgehead atoms. The predicted octanol–water partition coefficient (Wildman–Crippen LogP) is 4.85. The van der Waals surface area contributed by atoms with Crippen molar-refractivity contribution in [2.45, 2.75) is 49.5 Å². The molecule has 29 heavy (non-hydrogen) atoms. The minimum Gasteiger partial charge on any atom is -0.485 e. The smallest absolute Gasteiger partial charge is 0.293 e. The van der Waals surface area contributed by atoms with E-state index in [0.29, 0.717) is 4.47 Å². The number of hydrogen-bond donors (Lipinski definition) is 2. The Morgan fingerprint density at radius 3 is 2.48 bits per heavy atom. The second-order valence-electron chi connectivity index (χ2n) is 8.11. The molecule has 0 saturated carbocycles. The zero-order valence-corrected chi connectivity index (χ0v) is 18.8. The van der Waals surface area contributed by atoms with E-state index in [-0.39, 0.29) is 17.7 Å². The lowest BCUT2D eigenvalue weighted by atomic mass is 9.76. The van der Waals surface area contributed by atoms with Gasteiger partial charge in [-0.25, -0.2) is 17.7 Å². The molecule has 0 amide bonds. The summed E-state index contributed by atoms with van der Waals surface area (Å²) in [5.74, 6) is -3.33. The summed E-state index contributed by atoms with van der Waals surface area (Å²) in [6.07, 6.45) is -0.901. The molecule has 0 aromatic heterocycles. The summed E-state index contributed by atoms with van der Waals surface area (Å²) < 4.78 is 52.4. The molecule has 2 aromatic carbocycles. The van der Waals surface area contributed by atoms with E-state index in [1.807, 2.05) is 18.2 Å². The first-order valence-corrected chi connectivity index (χ1v) is 11.1. The van der Waals surface area contributed by atoms with Gasteiger partial charge in [-0.1, -0.05) is 46.3 Å². The van der Waals surface area contributed by atoms with E-state index < -0.39 is 39.9 Å². The van der Waals surface area contributed by atoms with Gasteiger partial charge in [0.1, 0.15) is 24.0 Å². The van der Waals surface area contributed by atoms with Crippen LogP contribution in [-0.2, 0) is 16.5 Å². The maximum absolute atomic E-state index is 15.4. The topological polar surface area (TPSA) is 58.6 Å². The van der Waals surface area contributed by atoms with E-state index >= 15 is 8.78 Å². The molecule has 0 aliphatic carbocycles. The molecular weight excluding hydrogens is 464 g/mol. The molecule has 1 aliphatic rings. The molecule has 0 radical (unpaired) electrons. The third kappa shape index (κ3) is 4.26. The lowest BCUT2D eigenvalue weighted by Crippen LogP contribution is -2.62. The van der Waals surface area contributed by atoms with Gasteiger partial charge in [0, 0.05) is 16.5 Å². The highest BCUT2D eigenvalue weighted by Crippen LogP contribution is 2.52. The normalized spacial score (nSPS) is 23.2. The van der Waals surface area contributed by atoms with E-state index in [4.69, 9.17) is 4.74 Å². The third-order valence-electron chi connectivity index (χ3n) is 4.98. The summed E-state index contributed by atoms with van der Waals surface area (Å²) >= 11 is 3.33. The number of benzene rings is 2. The lowest BCUT2D eigenvalue weighted by molar-refractivity contribution is -0.137. The first-order valence-electron chi connectivity index (χ1n) is 9.20. The van der Waals surface area contributed by atoms with Crippen molar-refractivity contribution in [2.24, 2.45) is 0 Å². The van der Waals surface area contributed by atoms with Gasteiger partial charge in [-0.15, -0.1) is 0 Å². The van der Waals surface area contributed by atoms with E-state index in [1.54, 1.807) is 45.0 Å². The molecule has 4 nitrogen and oxygen atoms in total. The van der Waals surface area contributed by atoms with Crippen molar-refractivity contribution in [3.8, 4) is 5.75 Å². The second kappa shape index (κ2) is 8.06. The van der Waals surface area contributed by atoms with Gasteiger partial charge in [-0.2, -0.15) is 0 Å². The molecule has 1 aliphatic heterocycles. The van der Waals surface area contributed by atoms with Crippen LogP contribution < -0.4 is 9.46 Å². The van der Waals surface area contributed by atoms with Crippen molar-refractivity contribution in [1.29, 1.82) is 0 Å². The molecule has 1 heterocycles. The summed E-state index contributed by atoms with van der Waals surface area (Å²) in [7, 11) is -1.82. The Hall–Kier alpha value is -1.35. The number of nitrogens with one attached hydrogen (secondary N) is 1. The number of halogens is 3. The van der Waals surface area contributed by atoms with Crippen molar-refractivity contribution in [3.05, 3.63) is 64.1 Å². The first-order chi connectivity index (χ1) is 13.5. The van der Waals surface area contributed by atoms with Crippen molar-refractivity contribution < 1.29 is 22.8 Å². The number of fused-ring (bicyclic) bond motifs is 1. The highest BCUT2D eigenvalue weighted by atomic mass is 79.9. The SMILES string of the molecule is CC(C)(C)[S@@](=O)NC1(C(F)(F)CO)CC(c2ccccc2)Oc2ccc(Br)cc21. The predicted molar refractivity (Wildman–Crippen MR) is 113 cm³/mol. The molecule has 3 atom stereocenters. The lowest BCUT2D eigenvalue weighted by Gasteiger charge is -2.47. The Bertz CT molecular complexity index is 905. The van der Waals surface area contributed by atoms with Gasteiger partial charge in [-0.05, 0) is 44.5 Å². The molecule has 0 fully saturated rings. The summed E-state index contributed by atoms with van der Waals surface area (Å²) in [6.45, 7) is 3.72. The summed E-state index contributed by atoms with van der Waals surface area (Å²) in [5, 5.41) is 9.64. The fourth-order valence-corrected chi connectivity index (χ4v) is 4.67. The Kier molecular flexibility index (Phi) is 6.21. The van der Waals surface area contributed by atoms with Gasteiger partial charge < -0.3 is 9.84 Å². The first kappa shape index (κ1) is 22.3. The molecule has 2 aromatic rings. The Balaban J connectivity index is 2.22. The molecule has 3 rings (SSSR count). The number of alkyl halides is 2. The number of aliphatic hydroxyl groups excluding tert-OH is 1. The van der Waals surface area contributed by atoms with E-state index in [9.17, 15) is 9.32 Å². The van der Waals surface area contributed by atoms with Gasteiger partial charge in [0.2, 0.25) is 0 Å². The summed E-state index contributed by atoms with van der Waals surface area (Å²) in [6, 6.07) is 13.9. The fraction of sp³-hybridized carbons (Fsp3) is 0.429. The van der Waals surface area contributed by atoms with Crippen molar-refractivity contribution in [1.82, 2.24) is 4.72 Å². The quantitative estimate of drug-likeness (QED) is 0.633. The van der Waals surface area contributed by atoms with Crippen LogP contribution in [0.5, 0.6) is 5.75 Å². The van der Waals surface area contributed by atoms with Crippen LogP contribution in [0.4, 0.5) is 8.78 Å². The van der Waals surface area contributed by atoms with Crippen LogP contribution >= 0.6 is 15.9 Å². The van der Waals surface area contributed by atoms with Crippen LogP contribution in [0.1, 0.15) is 44.4 Å². The van der Waals surface area contributed by atoms with E-state index in [2.05, 4.69) is 20.7 Å². The Morgan fingerprint density at radius 1 is 1.24 bits per heavy atom. The Labute approximate surface area is 180 Å².